The van der Waals surface area contributed by atoms with Crippen LogP contribution < -0.4 is 5.32 Å². The summed E-state index contributed by atoms with van der Waals surface area (Å²) in [5.74, 6) is -0.716. The molecule has 1 N–H and O–H groups in total. The Hall–Kier alpha value is -2.37. The van der Waals surface area contributed by atoms with Crippen molar-refractivity contribution in [2.24, 2.45) is 0 Å². The van der Waals surface area contributed by atoms with E-state index in [1.807, 2.05) is 31.2 Å². The van der Waals surface area contributed by atoms with E-state index in [-0.39, 0.29) is 18.4 Å². The van der Waals surface area contributed by atoms with Gasteiger partial charge in [0, 0.05) is 6.42 Å². The molecule has 3 rings (SSSR count). The number of rotatable bonds is 2. The third-order valence-corrected chi connectivity index (χ3v) is 3.88. The number of cyclic esters (lactones) is 1. The Bertz CT molecular complexity index is 596. The van der Waals surface area contributed by atoms with E-state index in [0.717, 1.165) is 11.1 Å². The topological polar surface area (TPSA) is 75.7 Å². The highest BCUT2D eigenvalue weighted by Gasteiger charge is 2.41. The number of aryl methyl sites for hydroxylation is 1. The quantitative estimate of drug-likeness (QED) is 0.832. The molecule has 6 heteroatoms. The predicted octanol–water partition coefficient (Wildman–Crippen LogP) is 1.29. The minimum absolute atomic E-state index is 0.245. The molecule has 1 aromatic carbocycles. The summed E-state index contributed by atoms with van der Waals surface area (Å²) in [6.45, 7) is 2.31. The van der Waals surface area contributed by atoms with Crippen LogP contribution in [0.25, 0.3) is 0 Å². The van der Waals surface area contributed by atoms with Crippen LogP contribution in [0.3, 0.4) is 0 Å². The zero-order valence-electron chi connectivity index (χ0n) is 11.7. The molecule has 2 aliphatic rings. The lowest BCUT2D eigenvalue weighted by molar-refractivity contribution is -0.136. The summed E-state index contributed by atoms with van der Waals surface area (Å²) in [7, 11) is 0. The lowest BCUT2D eigenvalue weighted by Crippen LogP contribution is -2.52. The average Bonchev–Trinajstić information content (AvgIpc) is 2.81. The van der Waals surface area contributed by atoms with Crippen LogP contribution in [0.1, 0.15) is 30.1 Å². The van der Waals surface area contributed by atoms with Gasteiger partial charge in [0.15, 0.2) is 0 Å². The van der Waals surface area contributed by atoms with Crippen LogP contribution in [0, 0.1) is 6.92 Å². The van der Waals surface area contributed by atoms with E-state index in [4.69, 9.17) is 4.74 Å². The number of carbonyl (C=O) groups excluding carboxylic acids is 3. The van der Waals surface area contributed by atoms with Crippen LogP contribution in [0.15, 0.2) is 24.3 Å². The molecule has 2 heterocycles. The van der Waals surface area contributed by atoms with Crippen LogP contribution in [-0.4, -0.2) is 35.4 Å². The number of nitrogens with one attached hydrogen (secondary N) is 1. The molecule has 0 saturated carbocycles. The Morgan fingerprint density at radius 2 is 1.90 bits per heavy atom. The van der Waals surface area contributed by atoms with E-state index in [1.54, 1.807) is 0 Å². The molecule has 6 nitrogen and oxygen atoms in total. The highest BCUT2D eigenvalue weighted by Crippen LogP contribution is 2.29. The first-order valence-electron chi connectivity index (χ1n) is 6.92. The SMILES string of the molecule is Cc1ccc(C2CN(C3CCC(=O)NC3=O)C(=O)O2)cc1. The predicted molar refractivity (Wildman–Crippen MR) is 73.3 cm³/mol. The van der Waals surface area contributed by atoms with Crippen LogP contribution in [0.4, 0.5) is 4.79 Å². The van der Waals surface area contributed by atoms with Gasteiger partial charge in [-0.15, -0.1) is 0 Å². The van der Waals surface area contributed by atoms with Crippen molar-refractivity contribution in [3.63, 3.8) is 0 Å². The zero-order valence-corrected chi connectivity index (χ0v) is 11.7. The molecule has 0 spiro atoms. The lowest BCUT2D eigenvalue weighted by atomic mass is 10.0. The normalized spacial score (nSPS) is 25.8. The lowest BCUT2D eigenvalue weighted by Gasteiger charge is -2.27. The Kier molecular flexibility index (Phi) is 3.37. The van der Waals surface area contributed by atoms with Crippen molar-refractivity contribution in [2.75, 3.05) is 6.54 Å². The van der Waals surface area contributed by atoms with Crippen LogP contribution in [-0.2, 0) is 14.3 Å². The Morgan fingerprint density at radius 3 is 2.57 bits per heavy atom. The summed E-state index contributed by atoms with van der Waals surface area (Å²) >= 11 is 0. The maximum Gasteiger partial charge on any atom is 0.411 e. The molecule has 2 atom stereocenters. The van der Waals surface area contributed by atoms with Crippen molar-refractivity contribution in [2.45, 2.75) is 31.9 Å². The van der Waals surface area contributed by atoms with Gasteiger partial charge in [-0.1, -0.05) is 29.8 Å². The monoisotopic (exact) mass is 288 g/mol. The van der Waals surface area contributed by atoms with Gasteiger partial charge in [0.2, 0.25) is 11.8 Å². The second-order valence-corrected chi connectivity index (χ2v) is 5.40. The van der Waals surface area contributed by atoms with E-state index in [2.05, 4.69) is 5.32 Å². The Balaban J connectivity index is 1.74. The number of amides is 3. The fourth-order valence-corrected chi connectivity index (χ4v) is 2.67. The molecular weight excluding hydrogens is 272 g/mol. The first-order valence-corrected chi connectivity index (χ1v) is 6.92. The zero-order chi connectivity index (χ0) is 15.0. The third-order valence-electron chi connectivity index (χ3n) is 3.88. The standard InChI is InChI=1S/C15H16N2O4/c1-9-2-4-10(5-3-9)12-8-17(15(20)21-12)11-6-7-13(18)16-14(11)19/h2-5,11-12H,6-8H2,1H3,(H,16,18,19). The summed E-state index contributed by atoms with van der Waals surface area (Å²) < 4.78 is 5.35. The van der Waals surface area contributed by atoms with Gasteiger partial charge in [-0.25, -0.2) is 4.79 Å². The van der Waals surface area contributed by atoms with Crippen molar-refractivity contribution in [1.29, 1.82) is 0 Å². The second-order valence-electron chi connectivity index (χ2n) is 5.40. The second kappa shape index (κ2) is 5.20. The number of hydrogen-bond donors (Lipinski definition) is 1. The number of benzene rings is 1. The molecule has 0 radical (unpaired) electrons. The molecule has 2 aliphatic heterocycles. The van der Waals surface area contributed by atoms with Gasteiger partial charge in [-0.3, -0.25) is 19.8 Å². The van der Waals surface area contributed by atoms with Crippen molar-refractivity contribution >= 4 is 17.9 Å². The molecule has 2 saturated heterocycles. The van der Waals surface area contributed by atoms with E-state index in [1.165, 1.54) is 4.90 Å². The van der Waals surface area contributed by atoms with Crippen LogP contribution in [0.5, 0.6) is 0 Å². The average molecular weight is 288 g/mol. The van der Waals surface area contributed by atoms with Crippen molar-refractivity contribution in [1.82, 2.24) is 10.2 Å². The fourth-order valence-electron chi connectivity index (χ4n) is 2.67. The number of nitrogens with zero attached hydrogens (tertiary/aromatic N) is 1. The maximum atomic E-state index is 12.0. The number of imide groups is 1. The van der Waals surface area contributed by atoms with Crippen molar-refractivity contribution < 1.29 is 19.1 Å². The smallest absolute Gasteiger partial charge is 0.411 e. The van der Waals surface area contributed by atoms with Gasteiger partial charge < -0.3 is 4.74 Å². The first-order chi connectivity index (χ1) is 10.0. The summed E-state index contributed by atoms with van der Waals surface area (Å²) in [6, 6.07) is 7.13. The number of piperidine rings is 1. The number of ether oxygens (including phenoxy) is 1. The van der Waals surface area contributed by atoms with Crippen molar-refractivity contribution in [3.8, 4) is 0 Å². The van der Waals surface area contributed by atoms with Gasteiger partial charge in [0.1, 0.15) is 12.1 Å². The molecule has 110 valence electrons. The van der Waals surface area contributed by atoms with Crippen molar-refractivity contribution in [3.05, 3.63) is 35.4 Å². The summed E-state index contributed by atoms with van der Waals surface area (Å²) in [5, 5.41) is 2.26. The minimum Gasteiger partial charge on any atom is -0.439 e. The Labute approximate surface area is 122 Å². The summed E-state index contributed by atoms with van der Waals surface area (Å²) in [6.07, 6.45) is -0.283. The molecule has 0 bridgehead atoms. The molecule has 0 aliphatic carbocycles. The minimum atomic E-state index is -0.620. The maximum absolute atomic E-state index is 12.0. The molecule has 2 unspecified atom stereocenters. The molecular formula is C15H16N2O4. The molecule has 21 heavy (non-hydrogen) atoms. The first kappa shape index (κ1) is 13.6. The third kappa shape index (κ3) is 2.61. The molecule has 2 fully saturated rings. The number of hydrogen-bond acceptors (Lipinski definition) is 4. The van der Waals surface area contributed by atoms with Gasteiger partial charge >= 0.3 is 6.09 Å². The summed E-state index contributed by atoms with van der Waals surface area (Å²) in [5.41, 5.74) is 2.04. The van der Waals surface area contributed by atoms with E-state index >= 15 is 0 Å². The van der Waals surface area contributed by atoms with Gasteiger partial charge in [-0.2, -0.15) is 0 Å². The van der Waals surface area contributed by atoms with Gasteiger partial charge in [-0.05, 0) is 18.9 Å². The van der Waals surface area contributed by atoms with Gasteiger partial charge in [0.25, 0.3) is 0 Å². The summed E-state index contributed by atoms with van der Waals surface area (Å²) in [4.78, 5) is 36.4. The van der Waals surface area contributed by atoms with Gasteiger partial charge in [0.05, 0.1) is 6.54 Å². The van der Waals surface area contributed by atoms with E-state index < -0.39 is 18.0 Å². The largest absolute Gasteiger partial charge is 0.439 e. The van der Waals surface area contributed by atoms with Crippen LogP contribution in [0.2, 0.25) is 0 Å². The van der Waals surface area contributed by atoms with Crippen LogP contribution >= 0.6 is 0 Å². The molecule has 1 aromatic rings. The fraction of sp³-hybridized carbons (Fsp3) is 0.400. The Morgan fingerprint density at radius 1 is 1.19 bits per heavy atom. The number of carbonyl (C=O) groups is 3. The molecule has 3 amide bonds. The molecule has 0 aromatic heterocycles. The highest BCUT2D eigenvalue weighted by atomic mass is 16.6. The van der Waals surface area contributed by atoms with E-state index in [9.17, 15) is 14.4 Å². The van der Waals surface area contributed by atoms with E-state index in [0.29, 0.717) is 13.0 Å². The highest BCUT2D eigenvalue weighted by molar-refractivity contribution is 6.01.